The Morgan fingerprint density at radius 1 is 1.21 bits per heavy atom. The van der Waals surface area contributed by atoms with Gasteiger partial charge in [-0.3, -0.25) is 4.79 Å². The number of amides is 1. The number of hydrogen-bond acceptors (Lipinski definition) is 6. The van der Waals surface area contributed by atoms with Crippen LogP contribution in [0.25, 0.3) is 0 Å². The molecule has 2 aromatic carbocycles. The Labute approximate surface area is 161 Å². The molecule has 1 heterocycles. The number of ether oxygens (including phenoxy) is 2. The molecule has 1 amide bonds. The zero-order valence-corrected chi connectivity index (χ0v) is 15.8. The van der Waals surface area contributed by atoms with Gasteiger partial charge in [-0.25, -0.2) is 4.39 Å². The Morgan fingerprint density at radius 3 is 2.68 bits per heavy atom. The summed E-state index contributed by atoms with van der Waals surface area (Å²) in [5.74, 6) is 0.670. The minimum Gasteiger partial charge on any atom is -0.494 e. The zero-order chi connectivity index (χ0) is 20.1. The van der Waals surface area contributed by atoms with Gasteiger partial charge in [-0.1, -0.05) is 23.4 Å². The average Bonchev–Trinajstić information content (AvgIpc) is 3.11. The fourth-order valence-corrected chi connectivity index (χ4v) is 2.67. The maximum atomic E-state index is 13.9. The van der Waals surface area contributed by atoms with Gasteiger partial charge in [0.25, 0.3) is 5.91 Å². The molecule has 0 aliphatic carbocycles. The second kappa shape index (κ2) is 8.51. The molecule has 0 spiro atoms. The van der Waals surface area contributed by atoms with Crippen molar-refractivity contribution < 1.29 is 23.2 Å². The van der Waals surface area contributed by atoms with E-state index in [0.717, 1.165) is 0 Å². The molecule has 0 N–H and O–H groups in total. The molecule has 0 saturated heterocycles. The number of methoxy groups -OCH3 is 1. The maximum Gasteiger partial charge on any atom is 0.257 e. The summed E-state index contributed by atoms with van der Waals surface area (Å²) in [6.07, 6.45) is 0. The molecule has 7 nitrogen and oxygen atoms in total. The summed E-state index contributed by atoms with van der Waals surface area (Å²) in [5, 5.41) is 3.77. The summed E-state index contributed by atoms with van der Waals surface area (Å²) in [6.45, 7) is 2.00. The van der Waals surface area contributed by atoms with Crippen molar-refractivity contribution in [2.75, 3.05) is 14.2 Å². The molecular weight excluding hydrogens is 365 g/mol. The minimum atomic E-state index is -0.472. The summed E-state index contributed by atoms with van der Waals surface area (Å²) in [6, 6.07) is 11.5. The van der Waals surface area contributed by atoms with E-state index in [1.807, 2.05) is 0 Å². The third-order valence-corrected chi connectivity index (χ3v) is 4.03. The Bertz CT molecular complexity index is 974. The molecule has 1 aromatic heterocycles. The van der Waals surface area contributed by atoms with Crippen LogP contribution < -0.4 is 9.47 Å². The maximum absolute atomic E-state index is 13.9. The number of aromatic nitrogens is 2. The predicted octanol–water partition coefficient (Wildman–Crippen LogP) is 3.38. The molecule has 3 aromatic rings. The van der Waals surface area contributed by atoms with E-state index in [1.165, 1.54) is 24.1 Å². The molecule has 146 valence electrons. The van der Waals surface area contributed by atoms with Crippen molar-refractivity contribution in [3.05, 3.63) is 71.1 Å². The van der Waals surface area contributed by atoms with E-state index in [2.05, 4.69) is 10.1 Å². The number of rotatable bonds is 7. The van der Waals surface area contributed by atoms with Crippen LogP contribution in [0, 0.1) is 12.7 Å². The highest BCUT2D eigenvalue weighted by molar-refractivity contribution is 5.96. The summed E-state index contributed by atoms with van der Waals surface area (Å²) in [4.78, 5) is 18.4. The molecule has 8 heteroatoms. The lowest BCUT2D eigenvalue weighted by molar-refractivity contribution is 0.0780. The number of benzene rings is 2. The van der Waals surface area contributed by atoms with E-state index in [-0.39, 0.29) is 24.8 Å². The number of carbonyl (C=O) groups is 1. The van der Waals surface area contributed by atoms with Crippen LogP contribution in [-0.2, 0) is 13.2 Å². The lowest BCUT2D eigenvalue weighted by Crippen LogP contribution is -2.26. The number of carbonyl (C=O) groups excluding carboxylic acids is 1. The third kappa shape index (κ3) is 4.46. The van der Waals surface area contributed by atoms with Gasteiger partial charge in [0.1, 0.15) is 5.75 Å². The minimum absolute atomic E-state index is 0.0784. The van der Waals surface area contributed by atoms with Gasteiger partial charge in [-0.2, -0.15) is 4.98 Å². The Morgan fingerprint density at radius 2 is 2.00 bits per heavy atom. The quantitative estimate of drug-likeness (QED) is 0.621. The van der Waals surface area contributed by atoms with Gasteiger partial charge < -0.3 is 18.9 Å². The van der Waals surface area contributed by atoms with Gasteiger partial charge in [-0.15, -0.1) is 0 Å². The number of hydrogen-bond donors (Lipinski definition) is 0. The van der Waals surface area contributed by atoms with E-state index in [4.69, 9.17) is 14.0 Å². The van der Waals surface area contributed by atoms with Crippen LogP contribution in [0.1, 0.15) is 27.6 Å². The molecule has 0 radical (unpaired) electrons. The first-order valence-corrected chi connectivity index (χ1v) is 8.57. The fraction of sp³-hybridized carbons (Fsp3) is 0.250. The molecule has 3 rings (SSSR count). The van der Waals surface area contributed by atoms with Gasteiger partial charge in [-0.05, 0) is 29.8 Å². The van der Waals surface area contributed by atoms with Gasteiger partial charge in [0.05, 0.1) is 12.7 Å². The smallest absolute Gasteiger partial charge is 0.257 e. The van der Waals surface area contributed by atoms with Gasteiger partial charge >= 0.3 is 0 Å². The lowest BCUT2D eigenvalue weighted by atomic mass is 10.1. The average molecular weight is 385 g/mol. The second-order valence-electron chi connectivity index (χ2n) is 6.14. The van der Waals surface area contributed by atoms with Crippen LogP contribution in [0.2, 0.25) is 0 Å². The summed E-state index contributed by atoms with van der Waals surface area (Å²) in [7, 11) is 3.05. The number of nitrogens with zero attached hydrogens (tertiary/aromatic N) is 3. The van der Waals surface area contributed by atoms with Gasteiger partial charge in [0.15, 0.2) is 18.2 Å². The van der Waals surface area contributed by atoms with Crippen LogP contribution in [0.15, 0.2) is 47.0 Å². The highest BCUT2D eigenvalue weighted by Crippen LogP contribution is 2.23. The zero-order valence-electron chi connectivity index (χ0n) is 15.8. The first kappa shape index (κ1) is 19.3. The molecule has 28 heavy (non-hydrogen) atoms. The van der Waals surface area contributed by atoms with Crippen molar-refractivity contribution >= 4 is 5.91 Å². The monoisotopic (exact) mass is 385 g/mol. The lowest BCUT2D eigenvalue weighted by Gasteiger charge is -2.19. The van der Waals surface area contributed by atoms with Crippen LogP contribution in [0.3, 0.4) is 0 Å². The molecule has 0 fully saturated rings. The highest BCUT2D eigenvalue weighted by Gasteiger charge is 2.18. The second-order valence-corrected chi connectivity index (χ2v) is 6.14. The van der Waals surface area contributed by atoms with Gasteiger partial charge in [0, 0.05) is 20.5 Å². The molecule has 0 saturated carbocycles. The topological polar surface area (TPSA) is 77.7 Å². The standard InChI is InChI=1S/C20H20FN3O4/c1-13-22-19(23-28-13)12-27-17-7-5-4-6-15(17)20(25)24(2)11-14-8-9-18(26-3)16(21)10-14/h4-10H,11-12H2,1-3H3. The third-order valence-electron chi connectivity index (χ3n) is 4.03. The van der Waals surface area contributed by atoms with E-state index in [1.54, 1.807) is 44.3 Å². The number of aryl methyl sites for hydroxylation is 1. The summed E-state index contributed by atoms with van der Waals surface area (Å²) < 4.78 is 29.4. The molecule has 0 atom stereocenters. The van der Waals surface area contributed by atoms with Crippen molar-refractivity contribution in [1.82, 2.24) is 15.0 Å². The SMILES string of the molecule is COc1ccc(CN(C)C(=O)c2ccccc2OCc2noc(C)n2)cc1F. The molecular formula is C20H20FN3O4. The van der Waals surface area contributed by atoms with Crippen LogP contribution >= 0.6 is 0 Å². The van der Waals surface area contributed by atoms with Crippen molar-refractivity contribution in [2.24, 2.45) is 0 Å². The van der Waals surface area contributed by atoms with Crippen LogP contribution in [0.5, 0.6) is 11.5 Å². The van der Waals surface area contributed by atoms with Crippen molar-refractivity contribution in [3.8, 4) is 11.5 Å². The summed E-state index contributed by atoms with van der Waals surface area (Å²) in [5.41, 5.74) is 1.04. The van der Waals surface area contributed by atoms with Crippen molar-refractivity contribution in [1.29, 1.82) is 0 Å². The van der Waals surface area contributed by atoms with E-state index < -0.39 is 5.82 Å². The molecule has 0 unspecified atom stereocenters. The molecule has 0 aliphatic rings. The number of halogens is 1. The van der Waals surface area contributed by atoms with E-state index in [9.17, 15) is 9.18 Å². The van der Waals surface area contributed by atoms with Gasteiger partial charge in [0.2, 0.25) is 11.7 Å². The highest BCUT2D eigenvalue weighted by atomic mass is 19.1. The molecule has 0 aliphatic heterocycles. The van der Waals surface area contributed by atoms with E-state index in [0.29, 0.717) is 28.6 Å². The van der Waals surface area contributed by atoms with Crippen molar-refractivity contribution in [2.45, 2.75) is 20.1 Å². The molecule has 0 bridgehead atoms. The Hall–Kier alpha value is -3.42. The van der Waals surface area contributed by atoms with E-state index >= 15 is 0 Å². The van der Waals surface area contributed by atoms with Crippen molar-refractivity contribution in [3.63, 3.8) is 0 Å². The Balaban J connectivity index is 1.71. The largest absolute Gasteiger partial charge is 0.494 e. The fourth-order valence-electron chi connectivity index (χ4n) is 2.67. The predicted molar refractivity (Wildman–Crippen MR) is 98.6 cm³/mol. The summed E-state index contributed by atoms with van der Waals surface area (Å²) >= 11 is 0. The first-order chi connectivity index (χ1) is 13.5. The Kier molecular flexibility index (Phi) is 5.88. The normalized spacial score (nSPS) is 10.6. The van der Waals surface area contributed by atoms with Crippen LogP contribution in [-0.4, -0.2) is 35.1 Å². The number of para-hydroxylation sites is 1. The van der Waals surface area contributed by atoms with Crippen LogP contribution in [0.4, 0.5) is 4.39 Å². The first-order valence-electron chi connectivity index (χ1n) is 8.57.